The zero-order valence-corrected chi connectivity index (χ0v) is 6.47. The summed E-state index contributed by atoms with van der Waals surface area (Å²) < 4.78 is 0. The van der Waals surface area contributed by atoms with Gasteiger partial charge in [0.1, 0.15) is 0 Å². The Morgan fingerprint density at radius 3 is 2.12 bits per heavy atom. The maximum atomic E-state index is 8.33. The summed E-state index contributed by atoms with van der Waals surface area (Å²) in [4.78, 5) is 2.06. The summed E-state index contributed by atoms with van der Waals surface area (Å²) >= 11 is 0. The Kier molecular flexibility index (Phi) is 10.5. The molecule has 0 saturated carbocycles. The third-order valence-electron chi connectivity index (χ3n) is 1.02. The zero-order valence-electron chi connectivity index (χ0n) is 5.37. The molecule has 0 spiro atoms. The Labute approximate surface area is 61.3 Å². The minimum atomic E-state index is 0. The molecule has 1 N–H and O–H groups in total. The van der Waals surface area contributed by atoms with Gasteiger partial charge in [-0.3, -0.25) is 0 Å². The molecule has 0 amide bonds. The second-order valence-corrected chi connectivity index (χ2v) is 1.62. The Hall–Kier alpha value is 0.439. The number of hydrogen-bond acceptors (Lipinski definition) is 2. The van der Waals surface area contributed by atoms with E-state index in [2.05, 4.69) is 11.8 Å². The van der Waals surface area contributed by atoms with Gasteiger partial charge in [0.2, 0.25) is 0 Å². The van der Waals surface area contributed by atoms with Crippen LogP contribution in [-0.2, 0) is 17.1 Å². The van der Waals surface area contributed by atoms with Crippen molar-refractivity contribution in [2.45, 2.75) is 6.92 Å². The first-order valence-corrected chi connectivity index (χ1v) is 2.60. The van der Waals surface area contributed by atoms with Crippen LogP contribution in [0.15, 0.2) is 0 Å². The first kappa shape index (κ1) is 11.3. The third-order valence-corrected chi connectivity index (χ3v) is 1.02. The summed E-state index contributed by atoms with van der Waals surface area (Å²) in [6, 6.07) is 0. The van der Waals surface area contributed by atoms with E-state index in [4.69, 9.17) is 5.11 Å². The van der Waals surface area contributed by atoms with Gasteiger partial charge < -0.3 is 10.0 Å². The Bertz CT molecular complexity index is 43.4. The third kappa shape index (κ3) is 6.44. The minimum Gasteiger partial charge on any atom is -0.395 e. The summed E-state index contributed by atoms with van der Waals surface area (Å²) in [6.07, 6.45) is 0. The smallest absolute Gasteiger partial charge is 0.0558 e. The van der Waals surface area contributed by atoms with Gasteiger partial charge in [-0.2, -0.15) is 0 Å². The van der Waals surface area contributed by atoms with Crippen molar-refractivity contribution in [2.24, 2.45) is 0 Å². The van der Waals surface area contributed by atoms with Crippen molar-refractivity contribution in [3.63, 3.8) is 0 Å². The second-order valence-electron chi connectivity index (χ2n) is 1.62. The molecule has 2 nitrogen and oxygen atoms in total. The number of aliphatic hydroxyl groups excluding tert-OH is 1. The molecule has 0 saturated heterocycles. The van der Waals surface area contributed by atoms with Crippen LogP contribution >= 0.6 is 0 Å². The fourth-order valence-corrected chi connectivity index (χ4v) is 0.329. The molecule has 0 heterocycles. The Morgan fingerprint density at radius 2 is 2.00 bits per heavy atom. The maximum absolute atomic E-state index is 8.33. The molecule has 0 bridgehead atoms. The number of aliphatic hydroxyl groups is 1. The van der Waals surface area contributed by atoms with Gasteiger partial charge in [0.05, 0.1) is 6.61 Å². The van der Waals surface area contributed by atoms with Crippen LogP contribution in [0.5, 0.6) is 0 Å². The first-order valence-electron chi connectivity index (χ1n) is 2.60. The number of likely N-dealkylation sites (N-methyl/N-ethyl adjacent to an activating group) is 1. The Morgan fingerprint density at radius 1 is 1.50 bits per heavy atom. The number of rotatable bonds is 3. The van der Waals surface area contributed by atoms with Crippen LogP contribution < -0.4 is 0 Å². The summed E-state index contributed by atoms with van der Waals surface area (Å²) in [5, 5.41) is 8.33. The van der Waals surface area contributed by atoms with Crippen LogP contribution in [0, 0.1) is 0 Å². The summed E-state index contributed by atoms with van der Waals surface area (Å²) in [7, 11) is 1.98. The van der Waals surface area contributed by atoms with Crippen molar-refractivity contribution in [1.82, 2.24) is 4.90 Å². The molecule has 0 atom stereocenters. The van der Waals surface area contributed by atoms with Crippen LogP contribution in [0.4, 0.5) is 0 Å². The van der Waals surface area contributed by atoms with Crippen LogP contribution in [0.25, 0.3) is 0 Å². The zero-order chi connectivity index (χ0) is 5.70. The molecule has 0 rings (SSSR count). The van der Waals surface area contributed by atoms with Gasteiger partial charge in [0.25, 0.3) is 0 Å². The molecule has 0 aromatic rings. The van der Waals surface area contributed by atoms with Gasteiger partial charge in [-0.25, -0.2) is 0 Å². The predicted octanol–water partition coefficient (Wildman–Crippen LogP) is -0.0721. The van der Waals surface area contributed by atoms with Crippen molar-refractivity contribution in [1.29, 1.82) is 0 Å². The molecule has 52 valence electrons. The van der Waals surface area contributed by atoms with E-state index < -0.39 is 0 Å². The largest absolute Gasteiger partial charge is 0.395 e. The average molecular weight is 159 g/mol. The van der Waals surface area contributed by atoms with Crippen LogP contribution in [0.3, 0.4) is 0 Å². The SMILES string of the molecule is CCN(C)CCO.[Fe]. The fraction of sp³-hybridized carbons (Fsp3) is 1.00. The molecule has 0 unspecified atom stereocenters. The van der Waals surface area contributed by atoms with E-state index in [9.17, 15) is 0 Å². The van der Waals surface area contributed by atoms with Gasteiger partial charge in [0.15, 0.2) is 0 Å². The Balaban J connectivity index is 0. The quantitative estimate of drug-likeness (QED) is 0.582. The molecule has 0 aliphatic carbocycles. The van der Waals surface area contributed by atoms with Crippen molar-refractivity contribution in [3.8, 4) is 0 Å². The molecule has 0 radical (unpaired) electrons. The van der Waals surface area contributed by atoms with Crippen molar-refractivity contribution < 1.29 is 22.2 Å². The molecule has 8 heavy (non-hydrogen) atoms. The van der Waals surface area contributed by atoms with E-state index in [0.717, 1.165) is 13.1 Å². The number of nitrogens with zero attached hydrogens (tertiary/aromatic N) is 1. The molecular weight excluding hydrogens is 146 g/mol. The maximum Gasteiger partial charge on any atom is 0.0558 e. The van der Waals surface area contributed by atoms with Crippen LogP contribution in [-0.4, -0.2) is 36.8 Å². The van der Waals surface area contributed by atoms with Crippen LogP contribution in [0.2, 0.25) is 0 Å². The predicted molar refractivity (Wildman–Crippen MR) is 30.3 cm³/mol. The van der Waals surface area contributed by atoms with Gasteiger partial charge in [-0.05, 0) is 13.6 Å². The summed E-state index contributed by atoms with van der Waals surface area (Å²) in [6.45, 7) is 4.14. The molecule has 0 aliphatic heterocycles. The second kappa shape index (κ2) is 7.44. The van der Waals surface area contributed by atoms with Crippen molar-refractivity contribution in [3.05, 3.63) is 0 Å². The number of hydrogen-bond donors (Lipinski definition) is 1. The van der Waals surface area contributed by atoms with E-state index in [-0.39, 0.29) is 23.7 Å². The first-order chi connectivity index (χ1) is 3.31. The molecule has 3 heteroatoms. The fourth-order valence-electron chi connectivity index (χ4n) is 0.329. The molecule has 0 aromatic heterocycles. The van der Waals surface area contributed by atoms with E-state index in [1.54, 1.807) is 0 Å². The topological polar surface area (TPSA) is 23.5 Å². The molecular formula is C5H13FeNO. The van der Waals surface area contributed by atoms with Gasteiger partial charge in [0, 0.05) is 23.6 Å². The molecule has 0 aromatic carbocycles. The van der Waals surface area contributed by atoms with E-state index in [1.165, 1.54) is 0 Å². The summed E-state index contributed by atoms with van der Waals surface area (Å²) in [5.41, 5.74) is 0. The molecule has 0 fully saturated rings. The van der Waals surface area contributed by atoms with Gasteiger partial charge in [-0.15, -0.1) is 0 Å². The van der Waals surface area contributed by atoms with E-state index in [0.29, 0.717) is 0 Å². The monoisotopic (exact) mass is 159 g/mol. The van der Waals surface area contributed by atoms with E-state index in [1.807, 2.05) is 7.05 Å². The standard InChI is InChI=1S/C5H13NO.Fe/c1-3-6(2)4-5-7;/h7H,3-5H2,1-2H3;. The van der Waals surface area contributed by atoms with Crippen molar-refractivity contribution in [2.75, 3.05) is 26.7 Å². The normalized spacial score (nSPS) is 9.00. The summed E-state index contributed by atoms with van der Waals surface area (Å²) in [5.74, 6) is 0. The molecule has 0 aliphatic rings. The van der Waals surface area contributed by atoms with E-state index >= 15 is 0 Å². The van der Waals surface area contributed by atoms with Crippen molar-refractivity contribution >= 4 is 0 Å². The average Bonchev–Trinajstić information content (AvgIpc) is 1.68. The van der Waals surface area contributed by atoms with Gasteiger partial charge in [-0.1, -0.05) is 6.92 Å². The minimum absolute atomic E-state index is 0. The van der Waals surface area contributed by atoms with Crippen LogP contribution in [0.1, 0.15) is 6.92 Å². The van der Waals surface area contributed by atoms with Gasteiger partial charge >= 0.3 is 0 Å².